The lowest BCUT2D eigenvalue weighted by Gasteiger charge is -2.22. The largest absolute Gasteiger partial charge is 0.348 e. The van der Waals surface area contributed by atoms with Crippen molar-refractivity contribution < 1.29 is 0 Å². The third-order valence-corrected chi connectivity index (χ3v) is 3.73. The highest BCUT2D eigenvalue weighted by Gasteiger charge is 2.12. The Kier molecular flexibility index (Phi) is 5.86. The van der Waals surface area contributed by atoms with Crippen molar-refractivity contribution in [1.29, 1.82) is 0 Å². The fourth-order valence-electron chi connectivity index (χ4n) is 2.23. The predicted molar refractivity (Wildman–Crippen MR) is 84.6 cm³/mol. The van der Waals surface area contributed by atoms with Gasteiger partial charge in [-0.3, -0.25) is 5.43 Å². The van der Waals surface area contributed by atoms with Gasteiger partial charge in [0.15, 0.2) is 5.11 Å². The zero-order valence-corrected chi connectivity index (χ0v) is 12.7. The number of hydrazone groups is 1. The zero-order valence-electron chi connectivity index (χ0n) is 11.9. The van der Waals surface area contributed by atoms with Crippen molar-refractivity contribution in [2.75, 3.05) is 13.1 Å². The Labute approximate surface area is 125 Å². The molecule has 1 N–H and O–H groups in total. The molecule has 0 amide bonds. The van der Waals surface area contributed by atoms with E-state index in [0.29, 0.717) is 5.11 Å². The first-order chi connectivity index (χ1) is 9.81. The lowest BCUT2D eigenvalue weighted by Crippen LogP contribution is -2.38. The van der Waals surface area contributed by atoms with E-state index in [1.165, 1.54) is 25.7 Å². The molecule has 0 unspecified atom stereocenters. The van der Waals surface area contributed by atoms with Gasteiger partial charge < -0.3 is 4.90 Å². The fourth-order valence-corrected chi connectivity index (χ4v) is 2.46. The molecule has 0 aliphatic carbocycles. The standard InChI is InChI=1S/C14H21N5S/c1-2-12(13-8-7-9-15-16-13)17-18-14(20)19-10-5-3-4-6-11-19/h7-9H,2-6,10-11H2,1H3,(H,18,20)/b17-12-. The van der Waals surface area contributed by atoms with E-state index in [1.54, 1.807) is 6.20 Å². The van der Waals surface area contributed by atoms with E-state index < -0.39 is 0 Å². The molecular formula is C14H21N5S. The minimum atomic E-state index is 0.710. The first kappa shape index (κ1) is 14.8. The Morgan fingerprint density at radius 3 is 2.70 bits per heavy atom. The van der Waals surface area contributed by atoms with Gasteiger partial charge >= 0.3 is 0 Å². The second-order valence-corrected chi connectivity index (χ2v) is 5.23. The molecule has 1 saturated heterocycles. The maximum absolute atomic E-state index is 5.42. The molecule has 2 rings (SSSR count). The van der Waals surface area contributed by atoms with Crippen LogP contribution in [-0.2, 0) is 0 Å². The topological polar surface area (TPSA) is 53.4 Å². The molecule has 0 radical (unpaired) electrons. The lowest BCUT2D eigenvalue weighted by atomic mass is 10.2. The minimum absolute atomic E-state index is 0.710. The summed E-state index contributed by atoms with van der Waals surface area (Å²) in [6.07, 6.45) is 7.44. The van der Waals surface area contributed by atoms with Gasteiger partial charge in [0.1, 0.15) is 5.69 Å². The average Bonchev–Trinajstić information content (AvgIpc) is 2.78. The molecule has 5 nitrogen and oxygen atoms in total. The van der Waals surface area contributed by atoms with Crippen LogP contribution in [0.2, 0.25) is 0 Å². The predicted octanol–water partition coefficient (Wildman–Crippen LogP) is 2.34. The number of hydrogen-bond donors (Lipinski definition) is 1. The van der Waals surface area contributed by atoms with Gasteiger partial charge in [0.05, 0.1) is 5.71 Å². The van der Waals surface area contributed by atoms with Crippen LogP contribution in [0.15, 0.2) is 23.4 Å². The van der Waals surface area contributed by atoms with Crippen LogP contribution in [0.1, 0.15) is 44.7 Å². The minimum Gasteiger partial charge on any atom is -0.348 e. The lowest BCUT2D eigenvalue weighted by molar-refractivity contribution is 0.428. The van der Waals surface area contributed by atoms with Crippen molar-refractivity contribution in [3.8, 4) is 0 Å². The summed E-state index contributed by atoms with van der Waals surface area (Å²) in [5.74, 6) is 0. The summed E-state index contributed by atoms with van der Waals surface area (Å²) in [7, 11) is 0. The molecule has 1 aliphatic rings. The van der Waals surface area contributed by atoms with Crippen LogP contribution in [0.3, 0.4) is 0 Å². The third kappa shape index (κ3) is 4.23. The molecule has 0 saturated carbocycles. The van der Waals surface area contributed by atoms with Gasteiger partial charge in [-0.15, -0.1) is 5.10 Å². The molecule has 1 fully saturated rings. The van der Waals surface area contributed by atoms with Crippen LogP contribution in [-0.4, -0.2) is 39.0 Å². The SMILES string of the molecule is CC/C(=N/NC(=S)N1CCCCCC1)c1cccnn1. The summed E-state index contributed by atoms with van der Waals surface area (Å²) in [4.78, 5) is 2.20. The Morgan fingerprint density at radius 2 is 2.10 bits per heavy atom. The van der Waals surface area contributed by atoms with Crippen molar-refractivity contribution >= 4 is 23.0 Å². The van der Waals surface area contributed by atoms with Gasteiger partial charge in [-0.25, -0.2) is 0 Å². The second kappa shape index (κ2) is 7.89. The Bertz CT molecular complexity index is 452. The van der Waals surface area contributed by atoms with E-state index in [4.69, 9.17) is 12.2 Å². The summed E-state index contributed by atoms with van der Waals surface area (Å²) < 4.78 is 0. The number of hydrogen-bond acceptors (Lipinski definition) is 4. The van der Waals surface area contributed by atoms with Crippen LogP contribution in [0, 0.1) is 0 Å². The van der Waals surface area contributed by atoms with Crippen molar-refractivity contribution in [2.24, 2.45) is 5.10 Å². The van der Waals surface area contributed by atoms with Gasteiger partial charge in [-0.05, 0) is 43.6 Å². The molecule has 1 aromatic rings. The summed E-state index contributed by atoms with van der Waals surface area (Å²) in [5.41, 5.74) is 4.67. The first-order valence-electron chi connectivity index (χ1n) is 7.21. The Morgan fingerprint density at radius 1 is 1.35 bits per heavy atom. The first-order valence-corrected chi connectivity index (χ1v) is 7.61. The van der Waals surface area contributed by atoms with Crippen LogP contribution in [0.4, 0.5) is 0 Å². The number of rotatable bonds is 3. The Hall–Kier alpha value is -1.56. The zero-order chi connectivity index (χ0) is 14.2. The van der Waals surface area contributed by atoms with Crippen molar-refractivity contribution in [2.45, 2.75) is 39.0 Å². The van der Waals surface area contributed by atoms with E-state index >= 15 is 0 Å². The maximum atomic E-state index is 5.42. The van der Waals surface area contributed by atoms with Crippen LogP contribution >= 0.6 is 12.2 Å². The normalized spacial score (nSPS) is 16.6. The van der Waals surface area contributed by atoms with Gasteiger partial charge in [0, 0.05) is 19.3 Å². The molecule has 20 heavy (non-hydrogen) atoms. The highest BCUT2D eigenvalue weighted by molar-refractivity contribution is 7.80. The van der Waals surface area contributed by atoms with Gasteiger partial charge in [0.2, 0.25) is 0 Å². The summed E-state index contributed by atoms with van der Waals surface area (Å²) >= 11 is 5.42. The van der Waals surface area contributed by atoms with Crippen molar-refractivity contribution in [1.82, 2.24) is 20.5 Å². The molecule has 1 aliphatic heterocycles. The fraction of sp³-hybridized carbons (Fsp3) is 0.571. The van der Waals surface area contributed by atoms with E-state index in [-0.39, 0.29) is 0 Å². The molecule has 0 bridgehead atoms. The van der Waals surface area contributed by atoms with Crippen LogP contribution in [0.25, 0.3) is 0 Å². The van der Waals surface area contributed by atoms with Crippen molar-refractivity contribution in [3.63, 3.8) is 0 Å². The smallest absolute Gasteiger partial charge is 0.189 e. The van der Waals surface area contributed by atoms with Crippen LogP contribution in [0.5, 0.6) is 0 Å². The van der Waals surface area contributed by atoms with Crippen molar-refractivity contribution in [3.05, 3.63) is 24.0 Å². The molecule has 0 aromatic carbocycles. The number of nitrogens with zero attached hydrogens (tertiary/aromatic N) is 4. The molecule has 0 spiro atoms. The van der Waals surface area contributed by atoms with Crippen LogP contribution < -0.4 is 5.43 Å². The Balaban J connectivity index is 1.97. The molecule has 6 heteroatoms. The third-order valence-electron chi connectivity index (χ3n) is 3.38. The van der Waals surface area contributed by atoms with E-state index in [9.17, 15) is 0 Å². The quantitative estimate of drug-likeness (QED) is 0.526. The highest BCUT2D eigenvalue weighted by atomic mass is 32.1. The summed E-state index contributed by atoms with van der Waals surface area (Å²) in [6.45, 7) is 4.09. The second-order valence-electron chi connectivity index (χ2n) is 4.84. The molecule has 108 valence electrons. The maximum Gasteiger partial charge on any atom is 0.189 e. The van der Waals surface area contributed by atoms with E-state index in [2.05, 4.69) is 25.6 Å². The van der Waals surface area contributed by atoms with Gasteiger partial charge in [-0.2, -0.15) is 10.2 Å². The van der Waals surface area contributed by atoms with Gasteiger partial charge in [-0.1, -0.05) is 19.8 Å². The number of aromatic nitrogens is 2. The van der Waals surface area contributed by atoms with Gasteiger partial charge in [0.25, 0.3) is 0 Å². The molecular weight excluding hydrogens is 270 g/mol. The molecule has 0 atom stereocenters. The molecule has 2 heterocycles. The molecule has 1 aromatic heterocycles. The number of thiocarbonyl (C=S) groups is 1. The summed E-state index contributed by atoms with van der Waals surface area (Å²) in [6, 6.07) is 3.77. The monoisotopic (exact) mass is 291 g/mol. The average molecular weight is 291 g/mol. The highest BCUT2D eigenvalue weighted by Crippen LogP contribution is 2.09. The van der Waals surface area contributed by atoms with E-state index in [0.717, 1.165) is 30.9 Å². The van der Waals surface area contributed by atoms with E-state index in [1.807, 2.05) is 19.1 Å². The number of likely N-dealkylation sites (tertiary alicyclic amines) is 1. The number of nitrogens with one attached hydrogen (secondary N) is 1. The summed E-state index contributed by atoms with van der Waals surface area (Å²) in [5, 5.41) is 13.1.